The lowest BCUT2D eigenvalue weighted by molar-refractivity contribution is -0.0328. The molecule has 1 rings (SSSR count). The molecule has 0 saturated carbocycles. The van der Waals surface area contributed by atoms with Gasteiger partial charge in [-0.2, -0.15) is 13.2 Å². The van der Waals surface area contributed by atoms with E-state index in [-0.39, 0.29) is 16.7 Å². The summed E-state index contributed by atoms with van der Waals surface area (Å²) in [4.78, 5) is 4.66. The molecule has 0 amide bonds. The van der Waals surface area contributed by atoms with Crippen molar-refractivity contribution in [2.75, 3.05) is 0 Å². The third-order valence-corrected chi connectivity index (χ3v) is 2.49. The average Bonchev–Trinajstić information content (AvgIpc) is 2.14. The van der Waals surface area contributed by atoms with Crippen molar-refractivity contribution < 1.29 is 18.0 Å². The minimum atomic E-state index is -4.27. The summed E-state index contributed by atoms with van der Waals surface area (Å²) in [6, 6.07) is 6.01. The van der Waals surface area contributed by atoms with Gasteiger partial charge in [-0.15, -0.1) is 0 Å². The van der Waals surface area contributed by atoms with Gasteiger partial charge in [0.15, 0.2) is 0 Å². The molecule has 0 aliphatic heterocycles. The molecule has 0 heterocycles. The summed E-state index contributed by atoms with van der Waals surface area (Å²) in [6.45, 7) is 1.66. The van der Waals surface area contributed by atoms with E-state index in [0.29, 0.717) is 5.56 Å². The monoisotopic (exact) mass is 237 g/mol. The highest BCUT2D eigenvalue weighted by molar-refractivity contribution is 8.00. The molecule has 1 atom stereocenters. The molecule has 2 N–H and O–H groups in total. The van der Waals surface area contributed by atoms with E-state index in [1.54, 1.807) is 19.1 Å². The molecule has 0 fully saturated rings. The minimum absolute atomic E-state index is 0.129. The van der Waals surface area contributed by atoms with Crippen molar-refractivity contribution in [3.63, 3.8) is 0 Å². The maximum Gasteiger partial charge on any atom is 0.446 e. The lowest BCUT2D eigenvalue weighted by atomic mass is 10.1. The van der Waals surface area contributed by atoms with Crippen LogP contribution in [0.1, 0.15) is 18.6 Å². The fourth-order valence-electron chi connectivity index (χ4n) is 1.04. The molecule has 1 aromatic rings. The van der Waals surface area contributed by atoms with E-state index in [1.807, 2.05) is 0 Å². The Morgan fingerprint density at radius 2 is 2.07 bits per heavy atom. The molecule has 0 bridgehead atoms. The van der Waals surface area contributed by atoms with Crippen LogP contribution in [0, 0.1) is 0 Å². The SMILES string of the molecule is CC(ON)c1cccc(SC(F)(F)F)c1. The molecule has 2 nitrogen and oxygen atoms in total. The Hall–Kier alpha value is -0.720. The normalized spacial score (nSPS) is 13.9. The first kappa shape index (κ1) is 12.4. The lowest BCUT2D eigenvalue weighted by Crippen LogP contribution is -2.05. The molecule has 84 valence electrons. The second-order valence-corrected chi connectivity index (χ2v) is 4.04. The maximum atomic E-state index is 12.1. The molecule has 0 radical (unpaired) electrons. The molecular formula is C9H10F3NOS. The molecule has 6 heteroatoms. The number of alkyl halides is 3. The smallest absolute Gasteiger partial charge is 0.297 e. The Morgan fingerprint density at radius 1 is 1.40 bits per heavy atom. The summed E-state index contributed by atoms with van der Waals surface area (Å²) in [5.41, 5.74) is -3.66. The molecule has 1 aromatic carbocycles. The number of rotatable bonds is 3. The zero-order valence-electron chi connectivity index (χ0n) is 7.91. The summed E-state index contributed by atoms with van der Waals surface area (Å²) < 4.78 is 36.2. The van der Waals surface area contributed by atoms with Crippen molar-refractivity contribution in [2.45, 2.75) is 23.4 Å². The van der Waals surface area contributed by atoms with E-state index in [9.17, 15) is 13.2 Å². The number of halogens is 3. The largest absolute Gasteiger partial charge is 0.446 e. The van der Waals surface area contributed by atoms with Crippen molar-refractivity contribution in [1.82, 2.24) is 0 Å². The quantitative estimate of drug-likeness (QED) is 0.647. The van der Waals surface area contributed by atoms with Crippen LogP contribution in [0.4, 0.5) is 13.2 Å². The lowest BCUT2D eigenvalue weighted by Gasteiger charge is -2.11. The Bertz CT molecular complexity index is 329. The Labute approximate surface area is 89.6 Å². The van der Waals surface area contributed by atoms with E-state index in [0.717, 1.165) is 0 Å². The molecule has 1 unspecified atom stereocenters. The fourth-order valence-corrected chi connectivity index (χ4v) is 1.65. The third-order valence-electron chi connectivity index (χ3n) is 1.77. The van der Waals surface area contributed by atoms with E-state index < -0.39 is 11.6 Å². The minimum Gasteiger partial charge on any atom is -0.297 e. The van der Waals surface area contributed by atoms with Gasteiger partial charge < -0.3 is 0 Å². The highest BCUT2D eigenvalue weighted by Crippen LogP contribution is 2.37. The molecule has 0 saturated heterocycles. The molecular weight excluding hydrogens is 227 g/mol. The van der Waals surface area contributed by atoms with Crippen LogP contribution in [0.3, 0.4) is 0 Å². The van der Waals surface area contributed by atoms with Crippen molar-refractivity contribution >= 4 is 11.8 Å². The summed E-state index contributed by atoms with van der Waals surface area (Å²) in [6.07, 6.45) is -0.418. The first-order valence-corrected chi connectivity index (χ1v) is 4.95. The third kappa shape index (κ3) is 4.11. The van der Waals surface area contributed by atoms with Crippen LogP contribution < -0.4 is 5.90 Å². The maximum absolute atomic E-state index is 12.1. The Kier molecular flexibility index (Phi) is 4.01. The van der Waals surface area contributed by atoms with E-state index in [1.165, 1.54) is 12.1 Å². The van der Waals surface area contributed by atoms with Crippen LogP contribution >= 0.6 is 11.8 Å². The van der Waals surface area contributed by atoms with E-state index >= 15 is 0 Å². The topological polar surface area (TPSA) is 35.2 Å². The standard InChI is InChI=1S/C9H10F3NOS/c1-6(14-13)7-3-2-4-8(5-7)15-9(10,11)12/h2-6H,13H2,1H3. The Balaban J connectivity index is 2.83. The van der Waals surface area contributed by atoms with Gasteiger partial charge in [0.25, 0.3) is 0 Å². The van der Waals surface area contributed by atoms with Crippen LogP contribution in [0.25, 0.3) is 0 Å². The van der Waals surface area contributed by atoms with Gasteiger partial charge in [0.2, 0.25) is 0 Å². The number of hydrogen-bond donors (Lipinski definition) is 1. The Morgan fingerprint density at radius 3 is 2.60 bits per heavy atom. The molecule has 15 heavy (non-hydrogen) atoms. The van der Waals surface area contributed by atoms with Crippen LogP contribution in [0.2, 0.25) is 0 Å². The highest BCUT2D eigenvalue weighted by atomic mass is 32.2. The molecule has 0 aliphatic carbocycles. The van der Waals surface area contributed by atoms with Gasteiger partial charge >= 0.3 is 5.51 Å². The highest BCUT2D eigenvalue weighted by Gasteiger charge is 2.29. The first-order chi connectivity index (χ1) is 6.92. The van der Waals surface area contributed by atoms with Gasteiger partial charge in [-0.25, -0.2) is 5.90 Å². The summed E-state index contributed by atoms with van der Waals surface area (Å²) in [7, 11) is 0. The zero-order chi connectivity index (χ0) is 11.5. The predicted molar refractivity (Wildman–Crippen MR) is 52.0 cm³/mol. The number of benzene rings is 1. The van der Waals surface area contributed by atoms with Crippen LogP contribution in [0.5, 0.6) is 0 Å². The van der Waals surface area contributed by atoms with E-state index in [2.05, 4.69) is 4.84 Å². The number of hydrogen-bond acceptors (Lipinski definition) is 3. The van der Waals surface area contributed by atoms with Crippen molar-refractivity contribution in [1.29, 1.82) is 0 Å². The van der Waals surface area contributed by atoms with Gasteiger partial charge in [0.05, 0.1) is 0 Å². The summed E-state index contributed by atoms with van der Waals surface area (Å²) in [5.74, 6) is 4.95. The summed E-state index contributed by atoms with van der Waals surface area (Å²) >= 11 is -0.154. The first-order valence-electron chi connectivity index (χ1n) is 4.13. The summed E-state index contributed by atoms with van der Waals surface area (Å²) in [5, 5.41) is 0. The molecule has 0 spiro atoms. The molecule has 0 aliphatic rings. The van der Waals surface area contributed by atoms with Gasteiger partial charge in [0.1, 0.15) is 6.10 Å². The number of nitrogens with two attached hydrogens (primary N) is 1. The van der Waals surface area contributed by atoms with Crippen molar-refractivity contribution in [3.05, 3.63) is 29.8 Å². The van der Waals surface area contributed by atoms with Gasteiger partial charge in [-0.05, 0) is 36.4 Å². The second kappa shape index (κ2) is 4.87. The van der Waals surface area contributed by atoms with Crippen molar-refractivity contribution in [2.24, 2.45) is 5.90 Å². The predicted octanol–water partition coefficient (Wildman–Crippen LogP) is 3.25. The van der Waals surface area contributed by atoms with Gasteiger partial charge in [-0.1, -0.05) is 12.1 Å². The van der Waals surface area contributed by atoms with Crippen LogP contribution in [0.15, 0.2) is 29.2 Å². The van der Waals surface area contributed by atoms with Gasteiger partial charge in [-0.3, -0.25) is 4.84 Å². The van der Waals surface area contributed by atoms with Gasteiger partial charge in [0, 0.05) is 4.90 Å². The average molecular weight is 237 g/mol. The fraction of sp³-hybridized carbons (Fsp3) is 0.333. The second-order valence-electron chi connectivity index (χ2n) is 2.90. The van der Waals surface area contributed by atoms with Crippen LogP contribution in [-0.4, -0.2) is 5.51 Å². The zero-order valence-corrected chi connectivity index (χ0v) is 8.73. The number of thioether (sulfide) groups is 1. The van der Waals surface area contributed by atoms with Crippen molar-refractivity contribution in [3.8, 4) is 0 Å². The van der Waals surface area contributed by atoms with E-state index in [4.69, 9.17) is 5.90 Å². The van der Waals surface area contributed by atoms with Crippen LogP contribution in [-0.2, 0) is 4.84 Å². The molecule has 0 aromatic heterocycles.